The number of benzene rings is 2. The highest BCUT2D eigenvalue weighted by Gasteiger charge is 2.24. The van der Waals surface area contributed by atoms with Gasteiger partial charge >= 0.3 is 6.03 Å². The van der Waals surface area contributed by atoms with Gasteiger partial charge in [0.15, 0.2) is 11.5 Å². The van der Waals surface area contributed by atoms with Gasteiger partial charge in [-0.15, -0.1) is 11.3 Å². The topological polar surface area (TPSA) is 74.4 Å². The number of hydrogen-bond acceptors (Lipinski definition) is 6. The van der Waals surface area contributed by atoms with Gasteiger partial charge in [0, 0.05) is 30.2 Å². The summed E-state index contributed by atoms with van der Waals surface area (Å²) in [7, 11) is 3.24. The lowest BCUT2D eigenvalue weighted by molar-refractivity contribution is -0.132. The highest BCUT2D eigenvalue weighted by Crippen LogP contribution is 2.28. The number of hydrogen-bond donors (Lipinski definition) is 1. The van der Waals surface area contributed by atoms with E-state index in [1.54, 1.807) is 30.5 Å². The fourth-order valence-corrected chi connectivity index (χ4v) is 5.88. The van der Waals surface area contributed by atoms with Crippen LogP contribution in [0, 0.1) is 13.8 Å². The molecule has 1 N–H and O–H groups in total. The molecule has 1 aromatic heterocycles. The van der Waals surface area contributed by atoms with E-state index in [0.29, 0.717) is 37.6 Å². The molecule has 0 aliphatic carbocycles. The minimum absolute atomic E-state index is 0.0158. The standard InChI is InChI=1S/C32H42N4O4S/c1-24-7-10-27(11-8-24)33-32(38)36(19-18-34-15-5-6-16-34)23-31(37)35(22-30-25(2)14-20-41-30)17-13-26-9-12-28(39-3)29(21-26)40-4/h7-12,14,20-21H,5-6,13,15-19,22-23H2,1-4H3,(H,33,38). The number of nitrogens with one attached hydrogen (secondary N) is 1. The number of nitrogens with zero attached hydrogens (tertiary/aromatic N) is 3. The Bertz CT molecular complexity index is 1290. The first-order valence-electron chi connectivity index (χ1n) is 14.2. The van der Waals surface area contributed by atoms with Crippen LogP contribution < -0.4 is 14.8 Å². The monoisotopic (exact) mass is 578 g/mol. The SMILES string of the molecule is COc1ccc(CCN(Cc2sccc2C)C(=O)CN(CCN2CCCC2)C(=O)Nc2ccc(C)cc2)cc1OC. The van der Waals surface area contributed by atoms with E-state index < -0.39 is 0 Å². The molecule has 220 valence electrons. The fraction of sp³-hybridized carbons (Fsp3) is 0.438. The Balaban J connectivity index is 1.49. The number of rotatable bonds is 13. The molecule has 0 atom stereocenters. The lowest BCUT2D eigenvalue weighted by Gasteiger charge is -2.29. The summed E-state index contributed by atoms with van der Waals surface area (Å²) in [6.45, 7) is 8.45. The van der Waals surface area contributed by atoms with Crippen LogP contribution in [0.25, 0.3) is 0 Å². The van der Waals surface area contributed by atoms with Gasteiger partial charge in [0.05, 0.1) is 20.8 Å². The Hall–Kier alpha value is -3.56. The number of carbonyl (C=O) groups excluding carboxylic acids is 2. The molecule has 8 nitrogen and oxygen atoms in total. The van der Waals surface area contributed by atoms with Gasteiger partial charge in [-0.3, -0.25) is 4.79 Å². The second-order valence-electron chi connectivity index (χ2n) is 10.5. The van der Waals surface area contributed by atoms with Crippen LogP contribution in [-0.2, 0) is 17.8 Å². The van der Waals surface area contributed by atoms with Crippen LogP contribution in [0.15, 0.2) is 53.9 Å². The predicted octanol–water partition coefficient (Wildman–Crippen LogP) is 5.58. The van der Waals surface area contributed by atoms with Gasteiger partial charge in [-0.2, -0.15) is 0 Å². The van der Waals surface area contributed by atoms with Crippen LogP contribution >= 0.6 is 11.3 Å². The Morgan fingerprint density at radius 1 is 0.927 bits per heavy atom. The average molecular weight is 579 g/mol. The van der Waals surface area contributed by atoms with E-state index in [-0.39, 0.29) is 18.5 Å². The number of carbonyl (C=O) groups is 2. The molecule has 2 heterocycles. The van der Waals surface area contributed by atoms with Crippen LogP contribution in [0.1, 0.15) is 34.4 Å². The quantitative estimate of drug-likeness (QED) is 0.287. The summed E-state index contributed by atoms with van der Waals surface area (Å²) in [4.78, 5) is 34.4. The summed E-state index contributed by atoms with van der Waals surface area (Å²) < 4.78 is 10.9. The summed E-state index contributed by atoms with van der Waals surface area (Å²) >= 11 is 1.65. The summed E-state index contributed by atoms with van der Waals surface area (Å²) in [5, 5.41) is 5.05. The van der Waals surface area contributed by atoms with Gasteiger partial charge in [0.25, 0.3) is 0 Å². The minimum Gasteiger partial charge on any atom is -0.493 e. The van der Waals surface area contributed by atoms with E-state index in [2.05, 4.69) is 28.6 Å². The van der Waals surface area contributed by atoms with Gasteiger partial charge in [-0.05, 0) is 93.0 Å². The van der Waals surface area contributed by atoms with Crippen molar-refractivity contribution < 1.29 is 19.1 Å². The number of likely N-dealkylation sites (tertiary alicyclic amines) is 1. The predicted molar refractivity (Wildman–Crippen MR) is 165 cm³/mol. The van der Waals surface area contributed by atoms with Crippen molar-refractivity contribution in [1.29, 1.82) is 0 Å². The first-order chi connectivity index (χ1) is 19.9. The van der Waals surface area contributed by atoms with E-state index >= 15 is 0 Å². The third kappa shape index (κ3) is 8.71. The van der Waals surface area contributed by atoms with Crippen molar-refractivity contribution in [2.24, 2.45) is 0 Å². The molecule has 0 saturated carbocycles. The molecule has 9 heteroatoms. The molecule has 0 radical (unpaired) electrons. The van der Waals surface area contributed by atoms with Gasteiger partial charge in [-0.1, -0.05) is 23.8 Å². The van der Waals surface area contributed by atoms with E-state index in [9.17, 15) is 9.59 Å². The highest BCUT2D eigenvalue weighted by molar-refractivity contribution is 7.10. The summed E-state index contributed by atoms with van der Waals surface area (Å²) in [5.41, 5.74) is 4.06. The number of anilines is 1. The second-order valence-corrected chi connectivity index (χ2v) is 11.5. The van der Waals surface area contributed by atoms with E-state index in [4.69, 9.17) is 9.47 Å². The molecule has 3 aromatic rings. The molecule has 3 amide bonds. The largest absolute Gasteiger partial charge is 0.493 e. The molecular weight excluding hydrogens is 536 g/mol. The molecule has 4 rings (SSSR count). The highest BCUT2D eigenvalue weighted by atomic mass is 32.1. The second kappa shape index (κ2) is 14.9. The zero-order chi connectivity index (χ0) is 29.2. The number of urea groups is 1. The maximum absolute atomic E-state index is 13.9. The van der Waals surface area contributed by atoms with Crippen molar-refractivity contribution in [3.05, 3.63) is 75.5 Å². The third-order valence-electron chi connectivity index (χ3n) is 7.57. The zero-order valence-corrected chi connectivity index (χ0v) is 25.5. The summed E-state index contributed by atoms with van der Waals surface area (Å²) in [6, 6.07) is 15.4. The summed E-state index contributed by atoms with van der Waals surface area (Å²) in [5.74, 6) is 1.27. The van der Waals surface area contributed by atoms with Crippen LogP contribution in [0.2, 0.25) is 0 Å². The molecule has 2 aromatic carbocycles. The average Bonchev–Trinajstić information content (AvgIpc) is 3.65. The molecule has 1 fully saturated rings. The molecule has 1 saturated heterocycles. The Morgan fingerprint density at radius 3 is 2.32 bits per heavy atom. The Labute approximate surface area is 247 Å². The number of ether oxygens (including phenoxy) is 2. The van der Waals surface area contributed by atoms with Gasteiger partial charge in [0.1, 0.15) is 6.54 Å². The van der Waals surface area contributed by atoms with E-state index in [1.165, 1.54) is 18.4 Å². The number of thiophene rings is 1. The van der Waals surface area contributed by atoms with E-state index in [1.807, 2.05) is 54.3 Å². The maximum Gasteiger partial charge on any atom is 0.322 e. The van der Waals surface area contributed by atoms with Crippen molar-refractivity contribution in [2.45, 2.75) is 39.7 Å². The van der Waals surface area contributed by atoms with Crippen LogP contribution in [0.5, 0.6) is 11.5 Å². The maximum atomic E-state index is 13.9. The number of aryl methyl sites for hydroxylation is 2. The molecule has 0 spiro atoms. The van der Waals surface area contributed by atoms with Crippen molar-refractivity contribution in [3.8, 4) is 11.5 Å². The fourth-order valence-electron chi connectivity index (χ4n) is 4.96. The van der Waals surface area contributed by atoms with Crippen molar-refractivity contribution in [3.63, 3.8) is 0 Å². The Morgan fingerprint density at radius 2 is 1.66 bits per heavy atom. The first kappa shape index (κ1) is 30.4. The zero-order valence-electron chi connectivity index (χ0n) is 24.7. The molecule has 0 unspecified atom stereocenters. The lowest BCUT2D eigenvalue weighted by atomic mass is 10.1. The molecular formula is C32H42N4O4S. The van der Waals surface area contributed by atoms with Crippen LogP contribution in [0.3, 0.4) is 0 Å². The van der Waals surface area contributed by atoms with Crippen molar-refractivity contribution in [2.75, 3.05) is 58.8 Å². The molecule has 1 aliphatic heterocycles. The Kier molecular flexibility index (Phi) is 11.0. The lowest BCUT2D eigenvalue weighted by Crippen LogP contribution is -2.47. The van der Waals surface area contributed by atoms with E-state index in [0.717, 1.165) is 41.3 Å². The summed E-state index contributed by atoms with van der Waals surface area (Å²) in [6.07, 6.45) is 3.01. The number of methoxy groups -OCH3 is 2. The first-order valence-corrected chi connectivity index (χ1v) is 15.1. The normalized spacial score (nSPS) is 13.2. The van der Waals surface area contributed by atoms with Crippen LogP contribution in [0.4, 0.5) is 10.5 Å². The van der Waals surface area contributed by atoms with Gasteiger partial charge in [-0.25, -0.2) is 4.79 Å². The van der Waals surface area contributed by atoms with Gasteiger partial charge in [0.2, 0.25) is 5.91 Å². The molecule has 0 bridgehead atoms. The molecule has 1 aliphatic rings. The smallest absolute Gasteiger partial charge is 0.322 e. The van der Waals surface area contributed by atoms with Crippen LogP contribution in [-0.4, -0.2) is 80.1 Å². The van der Waals surface area contributed by atoms with Crippen molar-refractivity contribution >= 4 is 29.0 Å². The van der Waals surface area contributed by atoms with Crippen molar-refractivity contribution in [1.82, 2.24) is 14.7 Å². The minimum atomic E-state index is -0.256. The third-order valence-corrected chi connectivity index (χ3v) is 8.58. The van der Waals surface area contributed by atoms with Gasteiger partial charge < -0.3 is 29.5 Å². The molecule has 41 heavy (non-hydrogen) atoms. The number of amides is 3.